The van der Waals surface area contributed by atoms with Crippen molar-refractivity contribution in [3.63, 3.8) is 0 Å². The van der Waals surface area contributed by atoms with Crippen LogP contribution in [-0.4, -0.2) is 126 Å². The summed E-state index contributed by atoms with van der Waals surface area (Å²) < 4.78 is 108. The van der Waals surface area contributed by atoms with E-state index in [9.17, 15) is 56.4 Å². The molecule has 86 heavy (non-hydrogen) atoms. The minimum Gasteiger partial charge on any atom is -0.444 e. The number of alkyl carbamates (subject to hydrolysis) is 1. The Morgan fingerprint density at radius 3 is 1.38 bits per heavy atom. The van der Waals surface area contributed by atoms with Crippen LogP contribution in [0.5, 0.6) is 0 Å². The third kappa shape index (κ3) is 16.1. The number of carbonyl (C=O) groups excluding carboxylic acids is 3. The lowest BCUT2D eigenvalue weighted by atomic mass is 9.99. The Hall–Kier alpha value is -8.38. The van der Waals surface area contributed by atoms with Crippen LogP contribution < -0.4 is 5.32 Å². The van der Waals surface area contributed by atoms with Gasteiger partial charge in [-0.1, -0.05) is 29.8 Å². The van der Waals surface area contributed by atoms with E-state index in [1.165, 1.54) is 34.1 Å². The molecule has 0 spiro atoms. The molecule has 0 saturated carbocycles. The van der Waals surface area contributed by atoms with Crippen LogP contribution in [0.2, 0.25) is 5.02 Å². The van der Waals surface area contributed by atoms with Crippen LogP contribution in [0.15, 0.2) is 73.6 Å². The minimum absolute atomic E-state index is 0.0613. The second-order valence-electron chi connectivity index (χ2n) is 23.1. The molecule has 3 aromatic carbocycles. The molecule has 3 aromatic heterocycles. The van der Waals surface area contributed by atoms with Crippen LogP contribution in [-0.2, 0) is 23.7 Å². The van der Waals surface area contributed by atoms with Gasteiger partial charge in [-0.05, 0) is 143 Å². The second-order valence-corrected chi connectivity index (χ2v) is 23.5. The van der Waals surface area contributed by atoms with Gasteiger partial charge in [-0.3, -0.25) is 9.80 Å². The molecule has 30 heteroatoms. The summed E-state index contributed by atoms with van der Waals surface area (Å²) in [5, 5.41) is 41.6. The van der Waals surface area contributed by atoms with Crippen LogP contribution >= 0.6 is 11.6 Å². The van der Waals surface area contributed by atoms with E-state index in [0.29, 0.717) is 30.7 Å². The van der Waals surface area contributed by atoms with Crippen molar-refractivity contribution in [1.29, 1.82) is 10.5 Å². The number of halogens is 7. The fourth-order valence-electron chi connectivity index (χ4n) is 8.89. The fraction of sp³-hybridized carbons (Fsp3) is 0.482. The lowest BCUT2D eigenvalue weighted by Gasteiger charge is -2.35. The second kappa shape index (κ2) is 26.5. The molecule has 5 heterocycles. The Labute approximate surface area is 496 Å². The standard InChI is InChI=1S/C20H23F2N5O3.C19H23ClF2N4O3.C17H19F2N5O3/c1-19(2,3)30-18(28)26-15(10-29-20(26,4)5)12-6-7-13(9-23)14(8-12)16-24-11-25-27(16)17(21)22;1-18(2,3)29-17(27)25-14(9-28-19(25,4)5)11-6-7-13(20)12(8-11)15-23-10-24-26(15)16(21)22;1-17(2,3)27-16(26)23-13(8-25)10-4-5-11(7-20)12(6-10)14-21-9-22-24(14)15(18)19/h6-8,11,15,17H,10H2,1-5H3;6-8,10,14,16H,9H2,1-5H3;4-6,9,13,15,25H,8H2,1-3H3,(H,23,26)/t15-;14-;13-/m111/s1. The summed E-state index contributed by atoms with van der Waals surface area (Å²) >= 11 is 6.25. The highest BCUT2D eigenvalue weighted by molar-refractivity contribution is 6.33. The predicted octanol–water partition coefficient (Wildman–Crippen LogP) is 12.1. The molecule has 2 aliphatic rings. The van der Waals surface area contributed by atoms with Gasteiger partial charge < -0.3 is 34.1 Å². The molecule has 2 N–H and O–H groups in total. The maximum absolute atomic E-state index is 13.3. The van der Waals surface area contributed by atoms with E-state index in [2.05, 4.69) is 35.6 Å². The van der Waals surface area contributed by atoms with Gasteiger partial charge in [-0.25, -0.2) is 29.3 Å². The zero-order valence-corrected chi connectivity index (χ0v) is 49.9. The Morgan fingerprint density at radius 2 is 1.00 bits per heavy atom. The molecule has 0 radical (unpaired) electrons. The van der Waals surface area contributed by atoms with Gasteiger partial charge in [0.1, 0.15) is 47.2 Å². The first-order chi connectivity index (χ1) is 40.0. The van der Waals surface area contributed by atoms with Gasteiger partial charge >= 0.3 is 37.9 Å². The predicted molar refractivity (Wildman–Crippen MR) is 295 cm³/mol. The number of carbonyl (C=O) groups is 3. The first kappa shape index (κ1) is 66.8. The number of nitrogens with one attached hydrogen (secondary N) is 1. The van der Waals surface area contributed by atoms with Gasteiger partial charge in [0.05, 0.1) is 66.2 Å². The number of aliphatic hydroxyl groups excluding tert-OH is 1. The highest BCUT2D eigenvalue weighted by Gasteiger charge is 2.48. The minimum atomic E-state index is -2.94. The zero-order valence-electron chi connectivity index (χ0n) is 49.2. The number of rotatable bonds is 11. The van der Waals surface area contributed by atoms with Crippen molar-refractivity contribution < 1.29 is 69.5 Å². The van der Waals surface area contributed by atoms with E-state index < -0.39 is 90.9 Å². The van der Waals surface area contributed by atoms with Crippen LogP contribution in [0, 0.1) is 22.7 Å². The van der Waals surface area contributed by atoms with Gasteiger partial charge in [0, 0.05) is 16.7 Å². The third-order valence-corrected chi connectivity index (χ3v) is 12.8. The van der Waals surface area contributed by atoms with Crippen molar-refractivity contribution in [2.45, 2.75) is 156 Å². The van der Waals surface area contributed by atoms with Crippen molar-refractivity contribution in [2.24, 2.45) is 0 Å². The first-order valence-corrected chi connectivity index (χ1v) is 26.7. The number of aliphatic hydroxyl groups is 1. The Balaban J connectivity index is 0.000000207. The number of ether oxygens (including phenoxy) is 5. The van der Waals surface area contributed by atoms with E-state index >= 15 is 0 Å². The highest BCUT2D eigenvalue weighted by atomic mass is 35.5. The summed E-state index contributed by atoms with van der Waals surface area (Å²) in [4.78, 5) is 52.3. The average Bonchev–Trinajstić information content (AvgIpc) is 1.96. The summed E-state index contributed by atoms with van der Waals surface area (Å²) in [6.07, 6.45) is 1.17. The smallest absolute Gasteiger partial charge is 0.413 e. The molecule has 6 aromatic rings. The number of alkyl halides is 6. The van der Waals surface area contributed by atoms with Gasteiger partial charge in [0.15, 0.2) is 17.5 Å². The number of hydrogen-bond acceptors (Lipinski definition) is 17. The first-order valence-electron chi connectivity index (χ1n) is 26.4. The molecule has 462 valence electrons. The maximum Gasteiger partial charge on any atom is 0.413 e. The normalized spacial score (nSPS) is 16.8. The summed E-state index contributed by atoms with van der Waals surface area (Å²) in [7, 11) is 0. The van der Waals surface area contributed by atoms with Crippen LogP contribution in [0.1, 0.15) is 156 Å². The quantitative estimate of drug-likeness (QED) is 0.0901. The van der Waals surface area contributed by atoms with E-state index in [4.69, 9.17) is 35.3 Å². The maximum atomic E-state index is 13.3. The number of hydrogen-bond donors (Lipinski definition) is 2. The fourth-order valence-corrected chi connectivity index (χ4v) is 9.09. The number of nitrogens with zero attached hydrogens (tertiary/aromatic N) is 13. The molecule has 2 aliphatic heterocycles. The molecule has 3 amide bonds. The Bertz CT molecular complexity index is 3470. The molecular weight excluding hydrogens is 1160 g/mol. The SMILES string of the molecule is CC(C)(C)OC(=O)N1[C@@H](c2ccc(C#N)c(-c3ncnn3C(F)F)c2)COC1(C)C.CC(C)(C)OC(=O)N1[C@@H](c2ccc(Cl)c(-c3ncnn3C(F)F)c2)COC1(C)C.CC(C)(C)OC(=O)N[C@H](CO)c1ccc(C#N)c(-c2ncnn2C(F)F)c1. The summed E-state index contributed by atoms with van der Waals surface area (Å²) in [5.41, 5.74) is -1.46. The lowest BCUT2D eigenvalue weighted by Crippen LogP contribution is -2.47. The van der Waals surface area contributed by atoms with Gasteiger partial charge in [0.2, 0.25) is 0 Å². The molecule has 2 saturated heterocycles. The number of amides is 3. The monoisotopic (exact) mass is 1230 g/mol. The van der Waals surface area contributed by atoms with Gasteiger partial charge in [-0.15, -0.1) is 0 Å². The topological polar surface area (TPSA) is 276 Å². The van der Waals surface area contributed by atoms with E-state index in [0.717, 1.165) is 19.0 Å². The molecule has 0 unspecified atom stereocenters. The zero-order chi connectivity index (χ0) is 64.0. The molecule has 8 rings (SSSR count). The Kier molecular flexibility index (Phi) is 20.6. The molecule has 0 bridgehead atoms. The molecule has 0 aliphatic carbocycles. The van der Waals surface area contributed by atoms with E-state index in [1.54, 1.807) is 120 Å². The lowest BCUT2D eigenvalue weighted by molar-refractivity contribution is -0.0637. The summed E-state index contributed by atoms with van der Waals surface area (Å²) in [5.74, 6) is -0.392. The largest absolute Gasteiger partial charge is 0.444 e. The molecule has 2 fully saturated rings. The number of nitriles is 2. The van der Waals surface area contributed by atoms with Crippen molar-refractivity contribution in [3.05, 3.63) is 106 Å². The average molecular weight is 1230 g/mol. The number of benzene rings is 3. The van der Waals surface area contributed by atoms with Crippen molar-refractivity contribution in [2.75, 3.05) is 19.8 Å². The third-order valence-electron chi connectivity index (χ3n) is 12.5. The van der Waals surface area contributed by atoms with Crippen molar-refractivity contribution in [1.82, 2.24) is 59.4 Å². The van der Waals surface area contributed by atoms with Crippen molar-refractivity contribution in [3.8, 4) is 46.3 Å². The van der Waals surface area contributed by atoms with E-state index in [1.807, 2.05) is 12.1 Å². The van der Waals surface area contributed by atoms with Gasteiger partial charge in [0.25, 0.3) is 0 Å². The van der Waals surface area contributed by atoms with E-state index in [-0.39, 0.29) is 63.5 Å². The highest BCUT2D eigenvalue weighted by Crippen LogP contribution is 2.42. The van der Waals surface area contributed by atoms with Gasteiger partial charge in [-0.2, -0.15) is 66.2 Å². The summed E-state index contributed by atoms with van der Waals surface area (Å²) in [6.45, 7) is 13.9. The number of aromatic nitrogens is 9. The summed E-state index contributed by atoms with van der Waals surface area (Å²) in [6, 6.07) is 16.0. The Morgan fingerprint density at radius 1 is 0.628 bits per heavy atom. The molecular formula is C56H65ClF6N14O9. The molecule has 3 atom stereocenters. The van der Waals surface area contributed by atoms with Crippen LogP contribution in [0.3, 0.4) is 0 Å². The molecule has 23 nitrogen and oxygen atoms in total. The van der Waals surface area contributed by atoms with Crippen molar-refractivity contribution >= 4 is 29.9 Å². The van der Waals surface area contributed by atoms with Crippen LogP contribution in [0.25, 0.3) is 34.2 Å². The van der Waals surface area contributed by atoms with Crippen LogP contribution in [0.4, 0.5) is 40.7 Å².